The van der Waals surface area contributed by atoms with E-state index in [1.54, 1.807) is 11.8 Å². The van der Waals surface area contributed by atoms with Crippen LogP contribution in [-0.4, -0.2) is 25.4 Å². The fourth-order valence-corrected chi connectivity index (χ4v) is 5.33. The Labute approximate surface area is 155 Å². The Kier molecular flexibility index (Phi) is 4.59. The molecule has 1 aliphatic carbocycles. The van der Waals surface area contributed by atoms with Crippen LogP contribution in [0.3, 0.4) is 0 Å². The Hall–Kier alpha value is -1.04. The van der Waals surface area contributed by atoms with Gasteiger partial charge in [0.25, 0.3) is 0 Å². The molecule has 1 aromatic rings. The van der Waals surface area contributed by atoms with E-state index in [1.165, 1.54) is 12.1 Å². The average Bonchev–Trinajstić information content (AvgIpc) is 2.92. The van der Waals surface area contributed by atoms with Gasteiger partial charge >= 0.3 is 0 Å². The van der Waals surface area contributed by atoms with Crippen molar-refractivity contribution in [1.82, 2.24) is 5.32 Å². The van der Waals surface area contributed by atoms with Gasteiger partial charge in [0.05, 0.1) is 0 Å². The van der Waals surface area contributed by atoms with E-state index < -0.39 is 11.6 Å². The molecule has 134 valence electrons. The maximum Gasteiger partial charge on any atom is 0.132 e. The first-order valence-corrected chi connectivity index (χ1v) is 10.1. The average molecular weight is 384 g/mol. The molecule has 0 spiro atoms. The Morgan fingerprint density at radius 2 is 2.00 bits per heavy atom. The monoisotopic (exact) mass is 383 g/mol. The van der Waals surface area contributed by atoms with E-state index in [1.807, 2.05) is 19.3 Å². The molecule has 2 heterocycles. The molecule has 1 aromatic carbocycles. The Balaban J connectivity index is 1.83. The molecular weight excluding hydrogens is 364 g/mol. The first-order chi connectivity index (χ1) is 12.0. The summed E-state index contributed by atoms with van der Waals surface area (Å²) in [7, 11) is 0. The number of piperidine rings is 1. The van der Waals surface area contributed by atoms with Crippen LogP contribution in [0.2, 0.25) is 5.02 Å². The van der Waals surface area contributed by atoms with Crippen molar-refractivity contribution in [3.63, 3.8) is 0 Å². The first-order valence-electron chi connectivity index (χ1n) is 8.53. The van der Waals surface area contributed by atoms with Crippen LogP contribution >= 0.6 is 23.4 Å². The number of hydrogen-bond donors (Lipinski definition) is 1. The van der Waals surface area contributed by atoms with Gasteiger partial charge in [0.15, 0.2) is 0 Å². The van der Waals surface area contributed by atoms with Crippen molar-refractivity contribution in [1.29, 1.82) is 0 Å². The van der Waals surface area contributed by atoms with Gasteiger partial charge in [0.2, 0.25) is 0 Å². The predicted octanol–water partition coefficient (Wildman–Crippen LogP) is 4.86. The molecule has 2 fully saturated rings. The minimum absolute atomic E-state index is 0.0490. The predicted molar refractivity (Wildman–Crippen MR) is 97.7 cm³/mol. The van der Waals surface area contributed by atoms with Crippen molar-refractivity contribution in [3.05, 3.63) is 56.7 Å². The molecule has 4 rings (SSSR count). The lowest BCUT2D eigenvalue weighted by atomic mass is 9.77. The number of allylic oxidation sites excluding steroid dienone is 3. The summed E-state index contributed by atoms with van der Waals surface area (Å²) in [6, 6.07) is 2.39. The second-order valence-corrected chi connectivity index (χ2v) is 8.16. The number of halogens is 3. The highest BCUT2D eigenvalue weighted by molar-refractivity contribution is 8.02. The van der Waals surface area contributed by atoms with E-state index in [9.17, 15) is 8.78 Å². The van der Waals surface area contributed by atoms with Gasteiger partial charge in [-0.3, -0.25) is 0 Å². The molecule has 0 bridgehead atoms. The van der Waals surface area contributed by atoms with Gasteiger partial charge in [-0.15, -0.1) is 11.8 Å². The molecule has 0 saturated carbocycles. The SMILES string of the molecule is CSC1=C2OC3CCNCC3C2=CC(c2c(F)cc(Cl)cc2F)C1C. The van der Waals surface area contributed by atoms with Crippen molar-refractivity contribution >= 4 is 23.4 Å². The summed E-state index contributed by atoms with van der Waals surface area (Å²) in [5, 5.41) is 3.48. The van der Waals surface area contributed by atoms with Crippen molar-refractivity contribution in [2.75, 3.05) is 19.3 Å². The van der Waals surface area contributed by atoms with Crippen LogP contribution in [0.15, 0.2) is 34.4 Å². The van der Waals surface area contributed by atoms with Crippen LogP contribution in [0.1, 0.15) is 24.8 Å². The summed E-state index contributed by atoms with van der Waals surface area (Å²) in [5.74, 6) is -0.390. The number of thioether (sulfide) groups is 1. The smallest absolute Gasteiger partial charge is 0.132 e. The van der Waals surface area contributed by atoms with E-state index in [0.717, 1.165) is 35.7 Å². The normalized spacial score (nSPS) is 31.3. The second-order valence-electron chi connectivity index (χ2n) is 6.87. The van der Waals surface area contributed by atoms with E-state index in [-0.39, 0.29) is 34.4 Å². The van der Waals surface area contributed by atoms with Crippen LogP contribution in [-0.2, 0) is 4.74 Å². The summed E-state index contributed by atoms with van der Waals surface area (Å²) < 4.78 is 35.4. The van der Waals surface area contributed by atoms with Crippen molar-refractivity contribution in [3.8, 4) is 0 Å². The largest absolute Gasteiger partial charge is 0.489 e. The van der Waals surface area contributed by atoms with Crippen LogP contribution in [0, 0.1) is 23.5 Å². The minimum atomic E-state index is -0.583. The Morgan fingerprint density at radius 3 is 2.68 bits per heavy atom. The van der Waals surface area contributed by atoms with E-state index in [0.29, 0.717) is 0 Å². The lowest BCUT2D eigenvalue weighted by Gasteiger charge is -2.30. The zero-order valence-corrected chi connectivity index (χ0v) is 15.7. The highest BCUT2D eigenvalue weighted by atomic mass is 35.5. The molecule has 25 heavy (non-hydrogen) atoms. The van der Waals surface area contributed by atoms with Crippen LogP contribution in [0.25, 0.3) is 0 Å². The molecule has 3 aliphatic rings. The number of benzene rings is 1. The molecule has 2 nitrogen and oxygen atoms in total. The number of ether oxygens (including phenoxy) is 1. The molecule has 4 atom stereocenters. The Bertz CT molecular complexity index is 756. The van der Waals surface area contributed by atoms with Crippen LogP contribution in [0.5, 0.6) is 0 Å². The molecular formula is C19H20ClF2NOS. The summed E-state index contributed by atoms with van der Waals surface area (Å²) in [6.07, 6.45) is 5.13. The van der Waals surface area contributed by atoms with Crippen molar-refractivity contribution in [2.24, 2.45) is 11.8 Å². The quantitative estimate of drug-likeness (QED) is 0.787. The highest BCUT2D eigenvalue weighted by Gasteiger charge is 2.44. The minimum Gasteiger partial charge on any atom is -0.489 e. The van der Waals surface area contributed by atoms with Crippen molar-refractivity contribution < 1.29 is 13.5 Å². The summed E-state index contributed by atoms with van der Waals surface area (Å²) in [4.78, 5) is 1.07. The molecule has 0 aromatic heterocycles. The standard InChI is InChI=1S/C19H20ClF2NOS/c1-9-11(17-14(21)5-10(20)6-15(17)22)7-12-13-8-23-4-3-16(13)24-18(12)19(9)25-2/h5-7,9,11,13,16,23H,3-4,8H2,1-2H3. The third kappa shape index (κ3) is 2.81. The van der Waals surface area contributed by atoms with Gasteiger partial charge in [-0.1, -0.05) is 24.6 Å². The summed E-state index contributed by atoms with van der Waals surface area (Å²) in [5.41, 5.74) is 1.20. The van der Waals surface area contributed by atoms with Crippen LogP contribution < -0.4 is 5.32 Å². The van der Waals surface area contributed by atoms with Gasteiger partial charge in [-0.2, -0.15) is 0 Å². The third-order valence-corrected chi connectivity index (χ3v) is 6.70. The van der Waals surface area contributed by atoms with Gasteiger partial charge in [-0.05, 0) is 36.9 Å². The highest BCUT2D eigenvalue weighted by Crippen LogP contribution is 2.51. The topological polar surface area (TPSA) is 21.3 Å². The van der Waals surface area contributed by atoms with Gasteiger partial charge in [0, 0.05) is 39.8 Å². The number of rotatable bonds is 2. The maximum atomic E-state index is 14.6. The fraction of sp³-hybridized carbons (Fsp3) is 0.474. The molecule has 6 heteroatoms. The van der Waals surface area contributed by atoms with Gasteiger partial charge in [0.1, 0.15) is 23.5 Å². The maximum absolute atomic E-state index is 14.6. The molecule has 2 saturated heterocycles. The number of hydrogen-bond acceptors (Lipinski definition) is 3. The molecule has 0 amide bonds. The number of nitrogens with one attached hydrogen (secondary N) is 1. The van der Waals surface area contributed by atoms with Gasteiger partial charge in [-0.25, -0.2) is 8.78 Å². The van der Waals surface area contributed by atoms with Crippen molar-refractivity contribution in [2.45, 2.75) is 25.4 Å². The number of fused-ring (bicyclic) bond motifs is 3. The lowest BCUT2D eigenvalue weighted by molar-refractivity contribution is 0.105. The van der Waals surface area contributed by atoms with E-state index in [2.05, 4.69) is 5.32 Å². The van der Waals surface area contributed by atoms with E-state index in [4.69, 9.17) is 16.3 Å². The molecule has 1 N–H and O–H groups in total. The van der Waals surface area contributed by atoms with E-state index >= 15 is 0 Å². The summed E-state index contributed by atoms with van der Waals surface area (Å²) in [6.45, 7) is 3.79. The van der Waals surface area contributed by atoms with Gasteiger partial charge < -0.3 is 10.1 Å². The molecule has 4 unspecified atom stereocenters. The first kappa shape index (κ1) is 17.4. The molecule has 2 aliphatic heterocycles. The Morgan fingerprint density at radius 1 is 1.28 bits per heavy atom. The molecule has 0 radical (unpaired) electrons. The second kappa shape index (κ2) is 6.60. The third-order valence-electron chi connectivity index (χ3n) is 5.48. The zero-order valence-electron chi connectivity index (χ0n) is 14.1. The zero-order chi connectivity index (χ0) is 17.7. The fourth-order valence-electron chi connectivity index (χ4n) is 4.26. The lowest BCUT2D eigenvalue weighted by Crippen LogP contribution is -2.38. The summed E-state index contributed by atoms with van der Waals surface area (Å²) >= 11 is 7.41. The van der Waals surface area contributed by atoms with Crippen LogP contribution in [0.4, 0.5) is 8.78 Å².